The SMILES string of the molecule is O=C(NC/C(=N\NC(=O)C1CC1)c1ccccc1)c1ccccc1Br. The Labute approximate surface area is 154 Å². The van der Waals surface area contributed by atoms with Crippen LogP contribution in [0.15, 0.2) is 64.2 Å². The molecule has 1 aliphatic rings. The molecule has 0 spiro atoms. The van der Waals surface area contributed by atoms with E-state index in [0.717, 1.165) is 22.9 Å². The van der Waals surface area contributed by atoms with Gasteiger partial charge in [-0.05, 0) is 46.5 Å². The molecule has 25 heavy (non-hydrogen) atoms. The molecule has 0 heterocycles. The lowest BCUT2D eigenvalue weighted by Gasteiger charge is -2.10. The van der Waals surface area contributed by atoms with Crippen molar-refractivity contribution in [3.63, 3.8) is 0 Å². The number of rotatable bonds is 6. The highest BCUT2D eigenvalue weighted by Gasteiger charge is 2.29. The van der Waals surface area contributed by atoms with Crippen molar-refractivity contribution in [2.75, 3.05) is 6.54 Å². The molecule has 6 heteroatoms. The highest BCUT2D eigenvalue weighted by molar-refractivity contribution is 9.10. The summed E-state index contributed by atoms with van der Waals surface area (Å²) in [6, 6.07) is 16.7. The van der Waals surface area contributed by atoms with Crippen molar-refractivity contribution >= 4 is 33.5 Å². The topological polar surface area (TPSA) is 70.6 Å². The Hall–Kier alpha value is -2.47. The van der Waals surface area contributed by atoms with Crippen LogP contribution in [0.1, 0.15) is 28.8 Å². The summed E-state index contributed by atoms with van der Waals surface area (Å²) in [4.78, 5) is 24.2. The molecule has 1 fully saturated rings. The fourth-order valence-corrected chi connectivity index (χ4v) is 2.77. The molecule has 0 saturated heterocycles. The average molecular weight is 400 g/mol. The first-order chi connectivity index (χ1) is 12.1. The maximum atomic E-state index is 12.4. The molecule has 5 nitrogen and oxygen atoms in total. The molecule has 1 aliphatic carbocycles. The lowest BCUT2D eigenvalue weighted by molar-refractivity contribution is -0.122. The van der Waals surface area contributed by atoms with E-state index in [9.17, 15) is 9.59 Å². The molecule has 0 aromatic heterocycles. The van der Waals surface area contributed by atoms with Gasteiger partial charge in [0.1, 0.15) is 0 Å². The van der Waals surface area contributed by atoms with Gasteiger partial charge in [-0.2, -0.15) is 5.10 Å². The van der Waals surface area contributed by atoms with Gasteiger partial charge in [0.15, 0.2) is 0 Å². The van der Waals surface area contributed by atoms with Gasteiger partial charge >= 0.3 is 0 Å². The van der Waals surface area contributed by atoms with Crippen molar-refractivity contribution in [3.8, 4) is 0 Å². The molecule has 0 atom stereocenters. The van der Waals surface area contributed by atoms with Crippen molar-refractivity contribution in [2.45, 2.75) is 12.8 Å². The standard InChI is InChI=1S/C19H18BrN3O2/c20-16-9-5-4-8-15(16)19(25)21-12-17(13-6-2-1-3-7-13)22-23-18(24)14-10-11-14/h1-9,14H,10-12H2,(H,21,25)(H,23,24)/b22-17+. The largest absolute Gasteiger partial charge is 0.346 e. The van der Waals surface area contributed by atoms with E-state index < -0.39 is 0 Å². The van der Waals surface area contributed by atoms with Gasteiger partial charge in [0.05, 0.1) is 17.8 Å². The lowest BCUT2D eigenvalue weighted by Crippen LogP contribution is -2.32. The van der Waals surface area contributed by atoms with Crippen molar-refractivity contribution in [3.05, 3.63) is 70.2 Å². The van der Waals surface area contributed by atoms with Crippen LogP contribution in [0.2, 0.25) is 0 Å². The number of halogens is 1. The molecule has 1 saturated carbocycles. The van der Waals surface area contributed by atoms with Gasteiger partial charge in [0.25, 0.3) is 5.91 Å². The van der Waals surface area contributed by atoms with Crippen LogP contribution in [0, 0.1) is 5.92 Å². The molecular weight excluding hydrogens is 382 g/mol. The van der Waals surface area contributed by atoms with Crippen molar-refractivity contribution < 1.29 is 9.59 Å². The summed E-state index contributed by atoms with van der Waals surface area (Å²) in [5, 5.41) is 7.09. The molecule has 3 rings (SSSR count). The van der Waals surface area contributed by atoms with E-state index in [1.807, 2.05) is 48.5 Å². The summed E-state index contributed by atoms with van der Waals surface area (Å²) in [5.41, 5.74) is 4.62. The Bertz CT molecular complexity index is 801. The summed E-state index contributed by atoms with van der Waals surface area (Å²) < 4.78 is 0.729. The summed E-state index contributed by atoms with van der Waals surface area (Å²) in [7, 11) is 0. The van der Waals surface area contributed by atoms with E-state index in [4.69, 9.17) is 0 Å². The van der Waals surface area contributed by atoms with Gasteiger partial charge in [-0.15, -0.1) is 0 Å². The second-order valence-electron chi connectivity index (χ2n) is 5.84. The number of carbonyl (C=O) groups is 2. The van der Waals surface area contributed by atoms with Crippen molar-refractivity contribution in [2.24, 2.45) is 11.0 Å². The van der Waals surface area contributed by atoms with Crippen LogP contribution in [0.3, 0.4) is 0 Å². The van der Waals surface area contributed by atoms with Crippen LogP contribution in [0.5, 0.6) is 0 Å². The molecule has 128 valence electrons. The summed E-state index contributed by atoms with van der Waals surface area (Å²) in [6.45, 7) is 0.217. The maximum Gasteiger partial charge on any atom is 0.252 e. The molecule has 2 N–H and O–H groups in total. The van der Waals surface area contributed by atoms with Gasteiger partial charge in [0, 0.05) is 10.4 Å². The van der Waals surface area contributed by atoms with E-state index in [-0.39, 0.29) is 24.3 Å². The third-order valence-corrected chi connectivity index (χ3v) is 4.58. The number of carbonyl (C=O) groups excluding carboxylic acids is 2. The fourth-order valence-electron chi connectivity index (χ4n) is 2.30. The van der Waals surface area contributed by atoms with Crippen LogP contribution in [-0.4, -0.2) is 24.1 Å². The summed E-state index contributed by atoms with van der Waals surface area (Å²) >= 11 is 3.37. The molecule has 2 aromatic carbocycles. The van der Waals surface area contributed by atoms with Crippen LogP contribution < -0.4 is 10.7 Å². The zero-order valence-electron chi connectivity index (χ0n) is 13.5. The van der Waals surface area contributed by atoms with Gasteiger partial charge in [-0.25, -0.2) is 5.43 Å². The van der Waals surface area contributed by atoms with Crippen LogP contribution in [0.4, 0.5) is 0 Å². The Morgan fingerprint density at radius 1 is 1.04 bits per heavy atom. The maximum absolute atomic E-state index is 12.4. The highest BCUT2D eigenvalue weighted by Crippen LogP contribution is 2.28. The molecule has 2 amide bonds. The van der Waals surface area contributed by atoms with E-state index >= 15 is 0 Å². The number of hydrazone groups is 1. The molecule has 0 radical (unpaired) electrons. The molecule has 0 bridgehead atoms. The first-order valence-corrected chi connectivity index (χ1v) is 8.89. The number of hydrogen-bond acceptors (Lipinski definition) is 3. The molecule has 0 aliphatic heterocycles. The quantitative estimate of drug-likeness (QED) is 0.578. The van der Waals surface area contributed by atoms with Crippen molar-refractivity contribution in [1.82, 2.24) is 10.7 Å². The van der Waals surface area contributed by atoms with E-state index in [0.29, 0.717) is 11.3 Å². The first-order valence-electron chi connectivity index (χ1n) is 8.09. The van der Waals surface area contributed by atoms with Gasteiger partial charge < -0.3 is 5.32 Å². The summed E-state index contributed by atoms with van der Waals surface area (Å²) in [6.07, 6.45) is 1.83. The van der Waals surface area contributed by atoms with Crippen LogP contribution >= 0.6 is 15.9 Å². The monoisotopic (exact) mass is 399 g/mol. The fraction of sp³-hybridized carbons (Fsp3) is 0.211. The van der Waals surface area contributed by atoms with Gasteiger partial charge in [-0.3, -0.25) is 9.59 Å². The minimum atomic E-state index is -0.204. The Morgan fingerprint density at radius 3 is 2.40 bits per heavy atom. The minimum absolute atomic E-state index is 0.0643. The third-order valence-electron chi connectivity index (χ3n) is 3.89. The Balaban J connectivity index is 1.71. The zero-order valence-corrected chi connectivity index (χ0v) is 15.1. The normalized spacial score (nSPS) is 14.0. The second-order valence-corrected chi connectivity index (χ2v) is 6.69. The van der Waals surface area contributed by atoms with E-state index in [1.165, 1.54) is 0 Å². The van der Waals surface area contributed by atoms with Crippen LogP contribution in [0.25, 0.3) is 0 Å². The predicted molar refractivity (Wildman–Crippen MR) is 100 cm³/mol. The third kappa shape index (κ3) is 4.76. The Kier molecular flexibility index (Phi) is 5.60. The molecule has 2 aromatic rings. The number of hydrogen-bond donors (Lipinski definition) is 2. The number of nitrogens with one attached hydrogen (secondary N) is 2. The zero-order chi connectivity index (χ0) is 17.6. The van der Waals surface area contributed by atoms with Crippen LogP contribution in [-0.2, 0) is 4.79 Å². The molecule has 0 unspecified atom stereocenters. The predicted octanol–water partition coefficient (Wildman–Crippen LogP) is 3.11. The van der Waals surface area contributed by atoms with E-state index in [1.54, 1.807) is 6.07 Å². The van der Waals surface area contributed by atoms with Crippen molar-refractivity contribution in [1.29, 1.82) is 0 Å². The minimum Gasteiger partial charge on any atom is -0.346 e. The highest BCUT2D eigenvalue weighted by atomic mass is 79.9. The summed E-state index contributed by atoms with van der Waals surface area (Å²) in [5.74, 6) is -0.189. The van der Waals surface area contributed by atoms with E-state index in [2.05, 4.69) is 31.8 Å². The number of nitrogens with zero attached hydrogens (tertiary/aromatic N) is 1. The average Bonchev–Trinajstić information content (AvgIpc) is 3.47. The number of benzene rings is 2. The Morgan fingerprint density at radius 2 is 1.72 bits per heavy atom. The molecular formula is C19H18BrN3O2. The lowest BCUT2D eigenvalue weighted by atomic mass is 10.1. The smallest absolute Gasteiger partial charge is 0.252 e. The van der Waals surface area contributed by atoms with Gasteiger partial charge in [-0.1, -0.05) is 42.5 Å². The number of amides is 2. The van der Waals surface area contributed by atoms with Gasteiger partial charge in [0.2, 0.25) is 5.91 Å². The second kappa shape index (κ2) is 8.07. The first kappa shape index (κ1) is 17.4.